The Morgan fingerprint density at radius 1 is 1.00 bits per heavy atom. The fraction of sp³-hybridized carbons (Fsp3) is 0.962. The molecular weight excluding hydrogens is 344 g/mol. The van der Waals surface area contributed by atoms with E-state index < -0.39 is 0 Å². The van der Waals surface area contributed by atoms with Crippen molar-refractivity contribution in [2.45, 2.75) is 111 Å². The van der Waals surface area contributed by atoms with E-state index in [1.165, 1.54) is 57.8 Å². The largest absolute Gasteiger partial charge is 0.463 e. The summed E-state index contributed by atoms with van der Waals surface area (Å²) in [6.07, 6.45) is 15.1. The van der Waals surface area contributed by atoms with Crippen molar-refractivity contribution in [1.29, 1.82) is 0 Å². The lowest BCUT2D eigenvalue weighted by molar-refractivity contribution is -0.160. The number of ether oxygens (including phenoxy) is 1. The molecule has 0 aromatic heterocycles. The molecule has 2 heteroatoms. The van der Waals surface area contributed by atoms with E-state index in [1.54, 1.807) is 6.92 Å². The Morgan fingerprint density at radius 2 is 1.71 bits per heavy atom. The Balaban J connectivity index is 1.50. The van der Waals surface area contributed by atoms with Crippen LogP contribution in [0.5, 0.6) is 0 Å². The lowest BCUT2D eigenvalue weighted by Crippen LogP contribution is -2.54. The Bertz CT molecular complexity index is 585. The zero-order chi connectivity index (χ0) is 20.1. The molecule has 1 unspecified atom stereocenters. The van der Waals surface area contributed by atoms with Crippen molar-refractivity contribution in [1.82, 2.24) is 0 Å². The maximum atomic E-state index is 11.5. The van der Waals surface area contributed by atoms with Crippen molar-refractivity contribution in [3.63, 3.8) is 0 Å². The van der Waals surface area contributed by atoms with Crippen LogP contribution in [0.4, 0.5) is 0 Å². The monoisotopic (exact) mass is 388 g/mol. The van der Waals surface area contributed by atoms with Gasteiger partial charge in [-0.1, -0.05) is 40.5 Å². The summed E-state index contributed by atoms with van der Waals surface area (Å²) in [5.41, 5.74) is 1.10. The third kappa shape index (κ3) is 3.25. The Kier molecular flexibility index (Phi) is 5.64. The molecule has 0 spiro atoms. The number of hydrogen-bond acceptors (Lipinski definition) is 2. The van der Waals surface area contributed by atoms with Crippen LogP contribution in [0.15, 0.2) is 0 Å². The van der Waals surface area contributed by atoms with Gasteiger partial charge in [0.1, 0.15) is 6.10 Å². The summed E-state index contributed by atoms with van der Waals surface area (Å²) in [5.74, 6) is 5.40. The molecule has 0 amide bonds. The van der Waals surface area contributed by atoms with Crippen molar-refractivity contribution in [2.24, 2.45) is 46.3 Å². The average molecular weight is 389 g/mol. The molecule has 2 nitrogen and oxygen atoms in total. The summed E-state index contributed by atoms with van der Waals surface area (Å²) < 4.78 is 5.63. The van der Waals surface area contributed by atoms with Gasteiger partial charge < -0.3 is 4.74 Å². The molecule has 0 heterocycles. The molecule has 0 saturated heterocycles. The highest BCUT2D eigenvalue weighted by atomic mass is 16.5. The first-order valence-electron chi connectivity index (χ1n) is 12.5. The van der Waals surface area contributed by atoms with Gasteiger partial charge in [-0.3, -0.25) is 4.79 Å². The van der Waals surface area contributed by atoms with E-state index in [0.717, 1.165) is 48.3 Å². The molecule has 28 heavy (non-hydrogen) atoms. The summed E-state index contributed by atoms with van der Waals surface area (Å²) in [6, 6.07) is 0. The minimum absolute atomic E-state index is 0.0890. The summed E-state index contributed by atoms with van der Waals surface area (Å²) in [6.45, 7) is 11.8. The second-order valence-electron chi connectivity index (χ2n) is 11.7. The average Bonchev–Trinajstić information content (AvgIpc) is 2.99. The second kappa shape index (κ2) is 7.62. The first kappa shape index (κ1) is 20.7. The highest BCUT2D eigenvalue weighted by molar-refractivity contribution is 5.66. The summed E-state index contributed by atoms with van der Waals surface area (Å²) in [5, 5.41) is 0. The second-order valence-corrected chi connectivity index (χ2v) is 11.7. The predicted molar refractivity (Wildman–Crippen MR) is 115 cm³/mol. The molecule has 160 valence electrons. The Labute approximate surface area is 173 Å². The van der Waals surface area contributed by atoms with Gasteiger partial charge in [0.2, 0.25) is 0 Å². The van der Waals surface area contributed by atoms with Crippen LogP contribution in [0.1, 0.15) is 105 Å². The van der Waals surface area contributed by atoms with Crippen molar-refractivity contribution >= 4 is 5.97 Å². The molecule has 4 fully saturated rings. The molecule has 0 radical (unpaired) electrons. The third-order valence-corrected chi connectivity index (χ3v) is 10.5. The van der Waals surface area contributed by atoms with Crippen LogP contribution in [0, 0.1) is 46.3 Å². The standard InChI is InChI=1S/C26H44O2/c1-6-7-17(2)22-10-11-23-21-9-8-19-16-20(28-18(3)27)12-14-25(19,4)24(21)13-15-26(22,23)5/h17,19-24H,6-16H2,1-5H3/t17-,19?,20+,21+,22-,23+,24+,25+,26-/m1/s1. The highest BCUT2D eigenvalue weighted by Gasteiger charge is 2.60. The van der Waals surface area contributed by atoms with Gasteiger partial charge >= 0.3 is 5.97 Å². The van der Waals surface area contributed by atoms with E-state index in [0.29, 0.717) is 10.8 Å². The molecule has 4 rings (SSSR count). The molecule has 0 aromatic rings. The summed E-state index contributed by atoms with van der Waals surface area (Å²) in [7, 11) is 0. The predicted octanol–water partition coefficient (Wildman–Crippen LogP) is 7.01. The van der Waals surface area contributed by atoms with E-state index in [4.69, 9.17) is 4.74 Å². The normalized spacial score (nSPS) is 48.9. The van der Waals surface area contributed by atoms with Crippen LogP contribution in [-0.2, 0) is 9.53 Å². The van der Waals surface area contributed by atoms with Gasteiger partial charge in [-0.15, -0.1) is 0 Å². The molecule has 4 aliphatic carbocycles. The first-order valence-corrected chi connectivity index (χ1v) is 12.5. The molecule has 0 aliphatic heterocycles. The minimum Gasteiger partial charge on any atom is -0.463 e. The van der Waals surface area contributed by atoms with E-state index in [-0.39, 0.29) is 12.1 Å². The number of rotatable bonds is 4. The summed E-state index contributed by atoms with van der Waals surface area (Å²) >= 11 is 0. The maximum Gasteiger partial charge on any atom is 0.302 e. The first-order chi connectivity index (χ1) is 13.3. The van der Waals surface area contributed by atoms with Crippen molar-refractivity contribution in [3.8, 4) is 0 Å². The van der Waals surface area contributed by atoms with Gasteiger partial charge in [-0.2, -0.15) is 0 Å². The summed E-state index contributed by atoms with van der Waals surface area (Å²) in [4.78, 5) is 11.5. The van der Waals surface area contributed by atoms with Gasteiger partial charge in [-0.05, 0) is 104 Å². The quantitative estimate of drug-likeness (QED) is 0.484. The van der Waals surface area contributed by atoms with E-state index in [9.17, 15) is 4.79 Å². The molecular formula is C26H44O2. The number of carbonyl (C=O) groups excluding carboxylic acids is 1. The zero-order valence-electron chi connectivity index (χ0n) is 19.1. The van der Waals surface area contributed by atoms with Gasteiger partial charge in [0.25, 0.3) is 0 Å². The fourth-order valence-electron chi connectivity index (χ4n) is 9.19. The van der Waals surface area contributed by atoms with E-state index in [2.05, 4.69) is 27.7 Å². The minimum atomic E-state index is -0.0890. The maximum absolute atomic E-state index is 11.5. The van der Waals surface area contributed by atoms with Gasteiger partial charge in [0.05, 0.1) is 0 Å². The van der Waals surface area contributed by atoms with Crippen LogP contribution in [0.3, 0.4) is 0 Å². The van der Waals surface area contributed by atoms with Crippen LogP contribution in [-0.4, -0.2) is 12.1 Å². The third-order valence-electron chi connectivity index (χ3n) is 10.5. The van der Waals surface area contributed by atoms with E-state index in [1.807, 2.05) is 0 Å². The molecule has 4 aliphatic rings. The van der Waals surface area contributed by atoms with Gasteiger partial charge in [0, 0.05) is 6.92 Å². The lowest BCUT2D eigenvalue weighted by Gasteiger charge is -2.61. The molecule has 0 N–H and O–H groups in total. The smallest absolute Gasteiger partial charge is 0.302 e. The van der Waals surface area contributed by atoms with Crippen LogP contribution < -0.4 is 0 Å². The molecule has 9 atom stereocenters. The fourth-order valence-corrected chi connectivity index (χ4v) is 9.19. The zero-order valence-corrected chi connectivity index (χ0v) is 19.1. The van der Waals surface area contributed by atoms with Gasteiger partial charge in [-0.25, -0.2) is 0 Å². The number of fused-ring (bicyclic) bond motifs is 5. The number of esters is 1. The SMILES string of the molecule is CCC[C@@H](C)[C@H]1CC[C@H]2[C@@H]3CCC4C[C@@H](OC(C)=O)CC[C@]4(C)[C@H]3CC[C@]12C. The van der Waals surface area contributed by atoms with Crippen LogP contribution in [0.2, 0.25) is 0 Å². The number of hydrogen-bond donors (Lipinski definition) is 0. The molecule has 0 bridgehead atoms. The molecule has 4 saturated carbocycles. The number of carbonyl (C=O) groups is 1. The van der Waals surface area contributed by atoms with Gasteiger partial charge in [0.15, 0.2) is 0 Å². The highest BCUT2D eigenvalue weighted by Crippen LogP contribution is 2.68. The Hall–Kier alpha value is -0.530. The van der Waals surface area contributed by atoms with Crippen LogP contribution >= 0.6 is 0 Å². The Morgan fingerprint density at radius 3 is 2.43 bits per heavy atom. The topological polar surface area (TPSA) is 26.3 Å². The van der Waals surface area contributed by atoms with Crippen LogP contribution in [0.25, 0.3) is 0 Å². The van der Waals surface area contributed by atoms with Crippen molar-refractivity contribution in [2.75, 3.05) is 0 Å². The van der Waals surface area contributed by atoms with Crippen molar-refractivity contribution < 1.29 is 9.53 Å². The van der Waals surface area contributed by atoms with E-state index >= 15 is 0 Å². The van der Waals surface area contributed by atoms with Crippen molar-refractivity contribution in [3.05, 3.63) is 0 Å². The lowest BCUT2D eigenvalue weighted by atomic mass is 9.44. The molecule has 0 aromatic carbocycles.